The van der Waals surface area contributed by atoms with E-state index in [0.29, 0.717) is 6.42 Å². The van der Waals surface area contributed by atoms with E-state index in [0.717, 1.165) is 38.8 Å². The maximum atomic E-state index is 10.3. The van der Waals surface area contributed by atoms with Gasteiger partial charge >= 0.3 is 5.97 Å². The first kappa shape index (κ1) is 14.7. The van der Waals surface area contributed by atoms with Crippen LogP contribution in [0.1, 0.15) is 31.2 Å². The van der Waals surface area contributed by atoms with Crippen LogP contribution >= 0.6 is 0 Å². The van der Waals surface area contributed by atoms with E-state index >= 15 is 0 Å². The Hall–Kier alpha value is -1.35. The number of carboxylic acid groups (broad SMARTS) is 1. The van der Waals surface area contributed by atoms with Crippen molar-refractivity contribution in [3.63, 3.8) is 0 Å². The maximum Gasteiger partial charge on any atom is 0.303 e. The molecule has 0 radical (unpaired) electrons. The number of aliphatic carboxylic acids is 1. The van der Waals surface area contributed by atoms with Crippen molar-refractivity contribution in [1.29, 1.82) is 0 Å². The highest BCUT2D eigenvalue weighted by atomic mass is 16.4. The molecular weight excluding hydrogens is 226 g/mol. The lowest BCUT2D eigenvalue weighted by Gasteiger charge is -2.16. The Morgan fingerprint density at radius 3 is 2.50 bits per heavy atom. The van der Waals surface area contributed by atoms with Crippen LogP contribution in [0.3, 0.4) is 0 Å². The second-order valence-electron chi connectivity index (χ2n) is 4.74. The van der Waals surface area contributed by atoms with E-state index < -0.39 is 5.97 Å². The molecule has 1 aromatic rings. The zero-order valence-corrected chi connectivity index (χ0v) is 11.1. The predicted octanol–water partition coefficient (Wildman–Crippen LogP) is 2.81. The molecule has 0 unspecified atom stereocenters. The van der Waals surface area contributed by atoms with Crippen LogP contribution in [0, 0.1) is 0 Å². The van der Waals surface area contributed by atoms with E-state index in [2.05, 4.69) is 36.2 Å². The zero-order valence-electron chi connectivity index (χ0n) is 11.1. The topological polar surface area (TPSA) is 40.5 Å². The fourth-order valence-corrected chi connectivity index (χ4v) is 1.91. The van der Waals surface area contributed by atoms with Crippen molar-refractivity contribution in [1.82, 2.24) is 4.90 Å². The molecule has 0 spiro atoms. The Morgan fingerprint density at radius 2 is 1.83 bits per heavy atom. The number of likely N-dealkylation sites (N-methyl/N-ethyl adjacent to an activating group) is 1. The standard InChI is InChI=1S/C15H23NO2/c1-16(12-7-3-6-10-15(17)18)13-11-14-8-4-2-5-9-14/h2,4-5,8-9H,3,6-7,10-13H2,1H3,(H,17,18). The Kier molecular flexibility index (Phi) is 7.11. The lowest BCUT2D eigenvalue weighted by atomic mass is 10.1. The minimum atomic E-state index is -0.688. The maximum absolute atomic E-state index is 10.3. The van der Waals surface area contributed by atoms with Gasteiger partial charge in [-0.15, -0.1) is 0 Å². The molecule has 1 rings (SSSR count). The van der Waals surface area contributed by atoms with Gasteiger partial charge in [-0.25, -0.2) is 0 Å². The minimum Gasteiger partial charge on any atom is -0.481 e. The molecule has 1 N–H and O–H groups in total. The average molecular weight is 249 g/mol. The zero-order chi connectivity index (χ0) is 13.2. The van der Waals surface area contributed by atoms with Crippen LogP contribution in [-0.4, -0.2) is 36.1 Å². The molecule has 0 fully saturated rings. The minimum absolute atomic E-state index is 0.299. The summed E-state index contributed by atoms with van der Waals surface area (Å²) in [6.07, 6.45) is 4.25. The first-order chi connectivity index (χ1) is 8.68. The lowest BCUT2D eigenvalue weighted by molar-refractivity contribution is -0.137. The van der Waals surface area contributed by atoms with E-state index in [1.165, 1.54) is 5.56 Å². The van der Waals surface area contributed by atoms with Gasteiger partial charge in [0.15, 0.2) is 0 Å². The van der Waals surface area contributed by atoms with E-state index in [1.807, 2.05) is 6.07 Å². The summed E-state index contributed by atoms with van der Waals surface area (Å²) >= 11 is 0. The second-order valence-corrected chi connectivity index (χ2v) is 4.74. The smallest absolute Gasteiger partial charge is 0.303 e. The normalized spacial score (nSPS) is 10.8. The summed E-state index contributed by atoms with van der Waals surface area (Å²) in [7, 11) is 2.13. The van der Waals surface area contributed by atoms with Crippen LogP contribution in [-0.2, 0) is 11.2 Å². The molecule has 3 nitrogen and oxygen atoms in total. The Balaban J connectivity index is 2.04. The quantitative estimate of drug-likeness (QED) is 0.684. The van der Waals surface area contributed by atoms with Crippen LogP contribution < -0.4 is 0 Å². The van der Waals surface area contributed by atoms with Crippen LogP contribution in [0.25, 0.3) is 0 Å². The first-order valence-corrected chi connectivity index (χ1v) is 6.63. The predicted molar refractivity (Wildman–Crippen MR) is 73.7 cm³/mol. The first-order valence-electron chi connectivity index (χ1n) is 6.63. The molecule has 0 aromatic heterocycles. The Bertz CT molecular complexity index is 338. The number of carbonyl (C=O) groups is 1. The number of benzene rings is 1. The highest BCUT2D eigenvalue weighted by molar-refractivity contribution is 5.66. The SMILES string of the molecule is CN(CCCCCC(=O)O)CCc1ccccc1. The second kappa shape index (κ2) is 8.70. The molecule has 0 aliphatic heterocycles. The lowest BCUT2D eigenvalue weighted by Crippen LogP contribution is -2.22. The van der Waals surface area contributed by atoms with Crippen LogP contribution in [0.2, 0.25) is 0 Å². The third-order valence-corrected chi connectivity index (χ3v) is 3.06. The fourth-order valence-electron chi connectivity index (χ4n) is 1.91. The number of nitrogens with zero attached hydrogens (tertiary/aromatic N) is 1. The molecule has 0 heterocycles. The van der Waals surface area contributed by atoms with Gasteiger partial charge in [0.1, 0.15) is 0 Å². The third-order valence-electron chi connectivity index (χ3n) is 3.06. The summed E-state index contributed by atoms with van der Waals surface area (Å²) < 4.78 is 0. The van der Waals surface area contributed by atoms with Gasteiger partial charge in [-0.05, 0) is 38.4 Å². The molecule has 100 valence electrons. The largest absolute Gasteiger partial charge is 0.481 e. The summed E-state index contributed by atoms with van der Waals surface area (Å²) in [5, 5.41) is 8.52. The summed E-state index contributed by atoms with van der Waals surface area (Å²) in [6.45, 7) is 2.11. The van der Waals surface area contributed by atoms with Gasteiger partial charge in [0.25, 0.3) is 0 Å². The monoisotopic (exact) mass is 249 g/mol. The van der Waals surface area contributed by atoms with Crippen molar-refractivity contribution in [3.8, 4) is 0 Å². The highest BCUT2D eigenvalue weighted by Crippen LogP contribution is 2.03. The summed E-state index contributed by atoms with van der Waals surface area (Å²) in [4.78, 5) is 12.7. The van der Waals surface area contributed by atoms with Gasteiger partial charge < -0.3 is 10.0 Å². The Morgan fingerprint density at radius 1 is 1.11 bits per heavy atom. The van der Waals surface area contributed by atoms with Crippen LogP contribution in [0.5, 0.6) is 0 Å². The van der Waals surface area contributed by atoms with E-state index in [-0.39, 0.29) is 0 Å². The van der Waals surface area contributed by atoms with Gasteiger partial charge in [0.05, 0.1) is 0 Å². The summed E-state index contributed by atoms with van der Waals surface area (Å²) in [6, 6.07) is 10.5. The number of carboxylic acids is 1. The third kappa shape index (κ3) is 7.07. The molecule has 0 saturated heterocycles. The molecule has 1 aromatic carbocycles. The van der Waals surface area contributed by atoms with Crippen molar-refractivity contribution in [2.45, 2.75) is 32.1 Å². The van der Waals surface area contributed by atoms with Gasteiger partial charge in [-0.3, -0.25) is 4.79 Å². The van der Waals surface area contributed by atoms with Crippen molar-refractivity contribution in [3.05, 3.63) is 35.9 Å². The number of rotatable bonds is 9. The van der Waals surface area contributed by atoms with Gasteiger partial charge in [-0.2, -0.15) is 0 Å². The van der Waals surface area contributed by atoms with Crippen LogP contribution in [0.4, 0.5) is 0 Å². The average Bonchev–Trinajstić information content (AvgIpc) is 2.37. The molecular formula is C15H23NO2. The van der Waals surface area contributed by atoms with E-state index in [1.54, 1.807) is 0 Å². The molecule has 18 heavy (non-hydrogen) atoms. The van der Waals surface area contributed by atoms with Crippen molar-refractivity contribution < 1.29 is 9.90 Å². The molecule has 3 heteroatoms. The molecule has 0 atom stereocenters. The molecule has 0 amide bonds. The van der Waals surface area contributed by atoms with Crippen LogP contribution in [0.15, 0.2) is 30.3 Å². The van der Waals surface area contributed by atoms with E-state index in [9.17, 15) is 4.79 Å². The number of hydrogen-bond donors (Lipinski definition) is 1. The summed E-state index contributed by atoms with van der Waals surface area (Å²) in [5.41, 5.74) is 1.37. The van der Waals surface area contributed by atoms with E-state index in [4.69, 9.17) is 5.11 Å². The highest BCUT2D eigenvalue weighted by Gasteiger charge is 2.00. The molecule has 0 bridgehead atoms. The van der Waals surface area contributed by atoms with Crippen molar-refractivity contribution in [2.75, 3.05) is 20.1 Å². The molecule has 0 saturated carbocycles. The van der Waals surface area contributed by atoms with Gasteiger partial charge in [-0.1, -0.05) is 36.8 Å². The molecule has 0 aliphatic carbocycles. The summed E-state index contributed by atoms with van der Waals surface area (Å²) in [5.74, 6) is -0.688. The fraction of sp³-hybridized carbons (Fsp3) is 0.533. The van der Waals surface area contributed by atoms with Gasteiger partial charge in [0, 0.05) is 13.0 Å². The van der Waals surface area contributed by atoms with Crippen molar-refractivity contribution in [2.24, 2.45) is 0 Å². The van der Waals surface area contributed by atoms with Crippen molar-refractivity contribution >= 4 is 5.97 Å². The molecule has 0 aliphatic rings. The number of hydrogen-bond acceptors (Lipinski definition) is 2. The number of unbranched alkanes of at least 4 members (excludes halogenated alkanes) is 2. The van der Waals surface area contributed by atoms with Gasteiger partial charge in [0.2, 0.25) is 0 Å². The Labute approximate surface area is 109 Å².